The first-order chi connectivity index (χ1) is 12.3. The van der Waals surface area contributed by atoms with Crippen molar-refractivity contribution in [3.05, 3.63) is 89.5 Å². The molecule has 0 heterocycles. The van der Waals surface area contributed by atoms with Crippen LogP contribution in [0.5, 0.6) is 11.5 Å². The number of rotatable bonds is 1. The van der Waals surface area contributed by atoms with Gasteiger partial charge in [0.1, 0.15) is 11.5 Å². The summed E-state index contributed by atoms with van der Waals surface area (Å²) in [5, 5.41) is 26.0. The van der Waals surface area contributed by atoms with E-state index in [9.17, 15) is 4.79 Å². The second kappa shape index (κ2) is 11.0. The average Bonchev–Trinajstić information content (AvgIpc) is 2.62. The second-order valence-corrected chi connectivity index (χ2v) is 5.90. The van der Waals surface area contributed by atoms with Crippen LogP contribution in [0.25, 0.3) is 0 Å². The van der Waals surface area contributed by atoms with E-state index < -0.39 is 5.97 Å². The molecule has 0 amide bonds. The number of hydrogen-bond donors (Lipinski definition) is 3. The van der Waals surface area contributed by atoms with Gasteiger partial charge in [-0.05, 0) is 24.3 Å². The van der Waals surface area contributed by atoms with E-state index in [1.165, 1.54) is 0 Å². The largest absolute Gasteiger partial charge is 0.508 e. The van der Waals surface area contributed by atoms with Crippen LogP contribution in [0.1, 0.15) is 21.5 Å². The molecule has 0 saturated heterocycles. The number of aromatic hydroxyl groups is 2. The molecule has 3 aromatic carbocycles. The second-order valence-electron chi connectivity index (χ2n) is 5.31. The maximum Gasteiger partial charge on any atom is 0.115 e. The van der Waals surface area contributed by atoms with Crippen LogP contribution in [0.2, 0.25) is 0 Å². The van der Waals surface area contributed by atoms with E-state index in [4.69, 9.17) is 15.3 Å². The number of para-hydroxylation sites is 2. The Morgan fingerprint density at radius 2 is 1.15 bits per heavy atom. The Morgan fingerprint density at radius 3 is 1.46 bits per heavy atom. The summed E-state index contributed by atoms with van der Waals surface area (Å²) in [6, 6.07) is 20.7. The van der Waals surface area contributed by atoms with Gasteiger partial charge in [-0.3, -0.25) is 0 Å². The first-order valence-corrected chi connectivity index (χ1v) is 8.34. The number of phenolic OH excluding ortho intramolecular Hbond substituents is 2. The van der Waals surface area contributed by atoms with Crippen molar-refractivity contribution in [1.82, 2.24) is 0 Å². The van der Waals surface area contributed by atoms with E-state index in [1.54, 1.807) is 67.6 Å². The number of phenols is 2. The van der Waals surface area contributed by atoms with Gasteiger partial charge in [0.25, 0.3) is 0 Å². The summed E-state index contributed by atoms with van der Waals surface area (Å²) < 4.78 is 0.887. The molecule has 0 aliphatic carbocycles. The summed E-state index contributed by atoms with van der Waals surface area (Å²) in [5.74, 6) is -0.236. The van der Waals surface area contributed by atoms with Crippen molar-refractivity contribution < 1.29 is 36.1 Å². The van der Waals surface area contributed by atoms with Gasteiger partial charge in [0, 0.05) is 0 Å². The van der Waals surface area contributed by atoms with Crippen LogP contribution >= 0.6 is 0 Å². The van der Waals surface area contributed by atoms with Crippen LogP contribution in [0, 0.1) is 13.8 Å². The van der Waals surface area contributed by atoms with Gasteiger partial charge in [-0.2, -0.15) is 0 Å². The molecule has 0 spiro atoms. The third-order valence-electron chi connectivity index (χ3n) is 3.45. The van der Waals surface area contributed by atoms with E-state index >= 15 is 0 Å². The van der Waals surface area contributed by atoms with E-state index in [2.05, 4.69) is 16.0 Å². The van der Waals surface area contributed by atoms with Gasteiger partial charge >= 0.3 is 79.0 Å². The molecule has 3 aromatic rings. The molecule has 0 fully saturated rings. The fourth-order valence-electron chi connectivity index (χ4n) is 1.87. The quantitative estimate of drug-likeness (QED) is 0.547. The molecule has 0 bridgehead atoms. The number of hydrogen-bond acceptors (Lipinski definition) is 3. The minimum Gasteiger partial charge on any atom is -0.508 e. The molecule has 3 N–H and O–H groups in total. The summed E-state index contributed by atoms with van der Waals surface area (Å²) in [6.45, 7) is 3.68. The van der Waals surface area contributed by atoms with E-state index in [-0.39, 0.29) is 0 Å². The molecule has 3 rings (SSSR count). The molecule has 5 heteroatoms. The van der Waals surface area contributed by atoms with Crippen LogP contribution in [0.15, 0.2) is 72.8 Å². The summed E-state index contributed by atoms with van der Waals surface area (Å²) in [6.07, 6.45) is 0. The van der Waals surface area contributed by atoms with Crippen molar-refractivity contribution in [1.29, 1.82) is 0 Å². The molecule has 0 aromatic heterocycles. The Morgan fingerprint density at radius 1 is 0.731 bits per heavy atom. The van der Waals surface area contributed by atoms with Crippen molar-refractivity contribution in [2.45, 2.75) is 13.8 Å². The van der Waals surface area contributed by atoms with Gasteiger partial charge in [0.05, 0.1) is 0 Å². The zero-order chi connectivity index (χ0) is 19.5. The number of carboxylic acid groups (broad SMARTS) is 1. The summed E-state index contributed by atoms with van der Waals surface area (Å²) in [4.78, 5) is 10.7. The number of benzene rings is 3. The smallest absolute Gasteiger partial charge is 0.115 e. The first kappa shape index (κ1) is 21.3. The molecular formula is C21H21FeO4. The maximum absolute atomic E-state index is 10.7. The van der Waals surface area contributed by atoms with Gasteiger partial charge in [-0.25, -0.2) is 0 Å². The molecule has 0 atom stereocenters. The molecule has 0 aliphatic rings. The minimum atomic E-state index is -0.879. The van der Waals surface area contributed by atoms with Crippen molar-refractivity contribution in [2.24, 2.45) is 0 Å². The van der Waals surface area contributed by atoms with Crippen molar-refractivity contribution in [3.8, 4) is 11.5 Å². The average molecular weight is 393 g/mol. The zero-order valence-electron chi connectivity index (χ0n) is 14.5. The Kier molecular flexibility index (Phi) is 8.99. The van der Waals surface area contributed by atoms with Gasteiger partial charge in [0.15, 0.2) is 0 Å². The number of aromatic carboxylic acids is 1. The standard InChI is InChI=1S/C9H9O2.2C6H6O.Fe/c1-6-4-3-5-8(7(6)2)9(10)11;2*7-6-4-2-1-3-5-6;/h3,5H,1-2H3,(H,10,11);2*1-5,7H;. The van der Waals surface area contributed by atoms with E-state index in [1.807, 2.05) is 19.1 Å². The Balaban J connectivity index is 0.000000207. The van der Waals surface area contributed by atoms with Crippen LogP contribution in [0.4, 0.5) is 0 Å². The Bertz CT molecular complexity index is 781. The van der Waals surface area contributed by atoms with Gasteiger partial charge in [-0.1, -0.05) is 36.4 Å². The van der Waals surface area contributed by atoms with E-state index in [0.717, 1.165) is 15.6 Å². The fraction of sp³-hybridized carbons (Fsp3) is 0.0952. The first-order valence-electron chi connectivity index (χ1n) is 7.78. The Hall–Kier alpha value is -2.75. The zero-order valence-corrected chi connectivity index (χ0v) is 15.6. The number of carbonyl (C=O) groups is 1. The summed E-state index contributed by atoms with van der Waals surface area (Å²) >= 11 is 3.79. The van der Waals surface area contributed by atoms with Crippen LogP contribution in [0.3, 0.4) is 0 Å². The van der Waals surface area contributed by atoms with E-state index in [0.29, 0.717) is 17.1 Å². The monoisotopic (exact) mass is 393 g/mol. The molecule has 0 saturated carbocycles. The molecule has 0 aliphatic heterocycles. The van der Waals surface area contributed by atoms with Crippen LogP contribution in [-0.2, 0) is 16.0 Å². The molecule has 4 nitrogen and oxygen atoms in total. The summed E-state index contributed by atoms with van der Waals surface area (Å²) in [7, 11) is 0. The number of carboxylic acids is 1. The predicted octanol–water partition coefficient (Wildman–Crippen LogP) is 3.96. The molecule has 0 unspecified atom stereocenters. The third kappa shape index (κ3) is 7.43. The predicted molar refractivity (Wildman–Crippen MR) is 98.7 cm³/mol. The van der Waals surface area contributed by atoms with Gasteiger partial charge in [0.2, 0.25) is 0 Å². The SMILES string of the molecule is Cc1[c]([Fe])ccc(C(=O)O)c1C.Oc1ccccc1.Oc1ccccc1. The maximum atomic E-state index is 10.7. The van der Waals surface area contributed by atoms with Crippen molar-refractivity contribution in [3.63, 3.8) is 0 Å². The molecular weight excluding hydrogens is 372 g/mol. The summed E-state index contributed by atoms with van der Waals surface area (Å²) in [5.41, 5.74) is 2.12. The van der Waals surface area contributed by atoms with Crippen molar-refractivity contribution >= 4 is 10.4 Å². The molecule has 26 heavy (non-hydrogen) atoms. The van der Waals surface area contributed by atoms with Gasteiger partial charge < -0.3 is 10.2 Å². The third-order valence-corrected chi connectivity index (χ3v) is 4.05. The fourth-order valence-corrected chi connectivity index (χ4v) is 2.17. The molecule has 0 radical (unpaired) electrons. The van der Waals surface area contributed by atoms with Gasteiger partial charge in [-0.15, -0.1) is 0 Å². The minimum absolute atomic E-state index is 0.322. The van der Waals surface area contributed by atoms with Crippen molar-refractivity contribution in [2.75, 3.05) is 0 Å². The topological polar surface area (TPSA) is 77.8 Å². The van der Waals surface area contributed by atoms with Crippen LogP contribution in [-0.4, -0.2) is 21.3 Å². The van der Waals surface area contributed by atoms with Crippen LogP contribution < -0.4 is 4.46 Å². The molecule has 137 valence electrons. The Labute approximate surface area is 161 Å². The normalized spacial score (nSPS) is 9.19.